The summed E-state index contributed by atoms with van der Waals surface area (Å²) in [5.74, 6) is 2.72. The number of carbonyl (C=O) groups is 2. The van der Waals surface area contributed by atoms with Gasteiger partial charge in [0.05, 0.1) is 16.0 Å². The number of benzene rings is 1. The number of aromatic amines is 1. The van der Waals surface area contributed by atoms with Crippen LogP contribution in [0, 0.1) is 26.2 Å². The second-order valence-corrected chi connectivity index (χ2v) is 9.21. The summed E-state index contributed by atoms with van der Waals surface area (Å²) in [5, 5.41) is 5.55. The summed E-state index contributed by atoms with van der Waals surface area (Å²) in [6, 6.07) is 4.03. The molecule has 0 radical (unpaired) electrons. The lowest BCUT2D eigenvalue weighted by molar-refractivity contribution is -0.119. The molecule has 7 nitrogen and oxygen atoms in total. The van der Waals surface area contributed by atoms with E-state index in [4.69, 9.17) is 0 Å². The number of hydrogen-bond donors (Lipinski definition) is 2. The van der Waals surface area contributed by atoms with Crippen LogP contribution in [0.15, 0.2) is 41.8 Å². The highest BCUT2D eigenvalue weighted by Gasteiger charge is 2.23. The van der Waals surface area contributed by atoms with Gasteiger partial charge >= 0.3 is 0 Å². The molecule has 1 aliphatic heterocycles. The van der Waals surface area contributed by atoms with Crippen LogP contribution in [0.25, 0.3) is 11.0 Å². The van der Waals surface area contributed by atoms with Gasteiger partial charge in [-0.2, -0.15) is 0 Å². The molecule has 1 fully saturated rings. The fraction of sp³-hybridized carbons (Fsp3) is 0.438. The predicted octanol–water partition coefficient (Wildman–Crippen LogP) is 8.05. The summed E-state index contributed by atoms with van der Waals surface area (Å²) >= 11 is 1.50. The quantitative estimate of drug-likeness (QED) is 0.186. The Balaban J connectivity index is 0.000000999. The van der Waals surface area contributed by atoms with Gasteiger partial charge in [0.1, 0.15) is 5.69 Å². The molecule has 2 amide bonds. The Morgan fingerprint density at radius 3 is 2.15 bits per heavy atom. The first-order valence-electron chi connectivity index (χ1n) is 13.9. The van der Waals surface area contributed by atoms with Gasteiger partial charge in [0.25, 0.3) is 5.91 Å². The van der Waals surface area contributed by atoms with E-state index in [1.165, 1.54) is 16.9 Å². The molecule has 4 rings (SSSR count). The van der Waals surface area contributed by atoms with Crippen LogP contribution in [-0.2, 0) is 4.79 Å². The van der Waals surface area contributed by atoms with E-state index in [2.05, 4.69) is 32.6 Å². The van der Waals surface area contributed by atoms with E-state index in [0.717, 1.165) is 53.9 Å². The number of amides is 2. The van der Waals surface area contributed by atoms with Crippen molar-refractivity contribution in [1.29, 1.82) is 0 Å². The number of terminal acetylenes is 1. The first-order valence-corrected chi connectivity index (χ1v) is 14.8. The minimum Gasteiger partial charge on any atom is -0.345 e. The SMILES string of the molecule is C#CC.C/C=C\C=C/C.CC.CC.Cc1cc2nc(NC(=O)c3csc(C4CCN(C=O)CC4)n3)[nH]c2cc1C. The second-order valence-electron chi connectivity index (χ2n) is 8.32. The molecular weight excluding hydrogens is 518 g/mol. The lowest BCUT2D eigenvalue weighted by atomic mass is 9.98. The number of imidazole rings is 1. The van der Waals surface area contributed by atoms with Crippen molar-refractivity contribution >= 4 is 40.6 Å². The molecule has 218 valence electrons. The van der Waals surface area contributed by atoms with E-state index >= 15 is 0 Å². The van der Waals surface area contributed by atoms with Crippen LogP contribution >= 0.6 is 11.3 Å². The van der Waals surface area contributed by atoms with Gasteiger partial charge in [0.15, 0.2) is 0 Å². The van der Waals surface area contributed by atoms with E-state index in [0.29, 0.717) is 17.6 Å². The van der Waals surface area contributed by atoms with Gasteiger partial charge in [-0.3, -0.25) is 14.9 Å². The molecular formula is C32H47N5O2S. The summed E-state index contributed by atoms with van der Waals surface area (Å²) in [4.78, 5) is 37.2. The molecule has 40 heavy (non-hydrogen) atoms. The third kappa shape index (κ3) is 12.0. The number of carbonyl (C=O) groups excluding carboxylic acids is 2. The van der Waals surface area contributed by atoms with Crippen LogP contribution < -0.4 is 5.32 Å². The lowest BCUT2D eigenvalue weighted by Gasteiger charge is -2.27. The van der Waals surface area contributed by atoms with Gasteiger partial charge in [-0.15, -0.1) is 23.7 Å². The van der Waals surface area contributed by atoms with Gasteiger partial charge < -0.3 is 9.88 Å². The molecule has 0 bridgehead atoms. The number of nitrogens with one attached hydrogen (secondary N) is 2. The second kappa shape index (κ2) is 21.2. The van der Waals surface area contributed by atoms with Crippen molar-refractivity contribution < 1.29 is 9.59 Å². The number of rotatable bonds is 5. The molecule has 1 aromatic carbocycles. The molecule has 0 atom stereocenters. The number of allylic oxidation sites excluding steroid dienone is 4. The van der Waals surface area contributed by atoms with Gasteiger partial charge in [-0.05, 0) is 70.7 Å². The lowest BCUT2D eigenvalue weighted by Crippen LogP contribution is -2.31. The minimum absolute atomic E-state index is 0.268. The number of likely N-dealkylation sites (tertiary alicyclic amines) is 1. The summed E-state index contributed by atoms with van der Waals surface area (Å²) in [5.41, 5.74) is 4.47. The molecule has 3 aromatic rings. The summed E-state index contributed by atoms with van der Waals surface area (Å²) < 4.78 is 0. The highest BCUT2D eigenvalue weighted by Crippen LogP contribution is 2.30. The number of hydrogen-bond acceptors (Lipinski definition) is 5. The largest absolute Gasteiger partial charge is 0.345 e. The summed E-state index contributed by atoms with van der Waals surface area (Å²) in [6.45, 7) is 19.2. The number of piperidine rings is 1. The monoisotopic (exact) mass is 565 g/mol. The van der Waals surface area contributed by atoms with Crippen LogP contribution in [0.1, 0.15) is 93.8 Å². The van der Waals surface area contributed by atoms with E-state index in [9.17, 15) is 9.59 Å². The molecule has 2 N–H and O–H groups in total. The van der Waals surface area contributed by atoms with Crippen molar-refractivity contribution in [3.63, 3.8) is 0 Å². The average molecular weight is 566 g/mol. The zero-order valence-electron chi connectivity index (χ0n) is 25.7. The first-order chi connectivity index (χ1) is 19.4. The molecule has 1 saturated heterocycles. The molecule has 0 spiro atoms. The number of H-pyrrole nitrogens is 1. The van der Waals surface area contributed by atoms with Crippen molar-refractivity contribution in [2.24, 2.45) is 0 Å². The smallest absolute Gasteiger partial charge is 0.277 e. The highest BCUT2D eigenvalue weighted by molar-refractivity contribution is 7.10. The Labute approximate surface area is 245 Å². The Kier molecular flexibility index (Phi) is 19.2. The third-order valence-corrected chi connectivity index (χ3v) is 6.61. The zero-order chi connectivity index (χ0) is 30.5. The number of anilines is 1. The van der Waals surface area contributed by atoms with Gasteiger partial charge in [-0.1, -0.05) is 52.0 Å². The topological polar surface area (TPSA) is 91.0 Å². The number of thiazole rings is 1. The summed E-state index contributed by atoms with van der Waals surface area (Å²) in [7, 11) is 0. The predicted molar refractivity (Wildman–Crippen MR) is 172 cm³/mol. The van der Waals surface area contributed by atoms with E-state index < -0.39 is 0 Å². The highest BCUT2D eigenvalue weighted by atomic mass is 32.1. The number of nitrogens with zero attached hydrogens (tertiary/aromatic N) is 3. The fourth-order valence-corrected chi connectivity index (χ4v) is 4.53. The maximum atomic E-state index is 12.5. The van der Waals surface area contributed by atoms with Gasteiger partial charge in [-0.25, -0.2) is 9.97 Å². The van der Waals surface area contributed by atoms with Gasteiger partial charge in [0, 0.05) is 24.4 Å². The Bertz CT molecular complexity index is 1190. The van der Waals surface area contributed by atoms with Gasteiger partial charge in [0.2, 0.25) is 12.4 Å². The van der Waals surface area contributed by atoms with Crippen molar-refractivity contribution in [1.82, 2.24) is 19.9 Å². The van der Waals surface area contributed by atoms with Crippen LogP contribution in [0.5, 0.6) is 0 Å². The van der Waals surface area contributed by atoms with Crippen molar-refractivity contribution in [3.8, 4) is 12.3 Å². The van der Waals surface area contributed by atoms with E-state index in [-0.39, 0.29) is 5.91 Å². The zero-order valence-corrected chi connectivity index (χ0v) is 26.5. The van der Waals surface area contributed by atoms with Crippen LogP contribution in [0.2, 0.25) is 0 Å². The van der Waals surface area contributed by atoms with Crippen LogP contribution in [0.3, 0.4) is 0 Å². The van der Waals surface area contributed by atoms with E-state index in [1.807, 2.05) is 91.8 Å². The molecule has 1 aliphatic rings. The van der Waals surface area contributed by atoms with E-state index in [1.54, 1.807) is 17.2 Å². The normalized spacial score (nSPS) is 12.6. The number of fused-ring (bicyclic) bond motifs is 1. The number of aromatic nitrogens is 3. The molecule has 3 heterocycles. The molecule has 8 heteroatoms. The standard InChI is InChI=1S/C19H21N5O2S.C6H10.C3H4.2C2H6/c1-11-7-14-15(8-12(11)2)22-19(21-14)23-17(26)16-9-27-18(20-16)13-3-5-24(10-25)6-4-13;1-3-5-6-4-2;1-3-2;2*1-2/h7-10,13H,3-6H2,1-2H3,(H2,21,22,23,26);3-6H,1-2H3;1H,2H3;2*1-2H3/b;5-3-,6-4-;;;. The van der Waals surface area contributed by atoms with Crippen molar-refractivity contribution in [3.05, 3.63) is 63.6 Å². The molecule has 0 saturated carbocycles. The average Bonchev–Trinajstić information content (AvgIpc) is 3.62. The Morgan fingerprint density at radius 1 is 1.07 bits per heavy atom. The van der Waals surface area contributed by atoms with Crippen molar-refractivity contribution in [2.75, 3.05) is 18.4 Å². The Hall–Kier alpha value is -3.70. The van der Waals surface area contributed by atoms with Crippen LogP contribution in [-0.4, -0.2) is 45.3 Å². The number of aryl methyl sites for hydroxylation is 2. The minimum atomic E-state index is -0.268. The molecule has 0 aliphatic carbocycles. The third-order valence-electron chi connectivity index (χ3n) is 5.61. The molecule has 2 aromatic heterocycles. The first kappa shape index (κ1) is 36.3. The van der Waals surface area contributed by atoms with Crippen molar-refractivity contribution in [2.45, 2.75) is 81.1 Å². The summed E-state index contributed by atoms with van der Waals surface area (Å²) in [6.07, 6.45) is 15.3. The van der Waals surface area contributed by atoms with Crippen LogP contribution in [0.4, 0.5) is 5.95 Å². The Morgan fingerprint density at radius 2 is 1.62 bits per heavy atom. The maximum Gasteiger partial charge on any atom is 0.277 e. The molecule has 0 unspecified atom stereocenters. The fourth-order valence-electron chi connectivity index (χ4n) is 3.55. The maximum absolute atomic E-state index is 12.5.